The molecule has 0 aliphatic rings. The van der Waals surface area contributed by atoms with E-state index in [1.807, 2.05) is 22.7 Å². The molecule has 3 aromatic rings. The first-order valence-electron chi connectivity index (χ1n) is 8.09. The van der Waals surface area contributed by atoms with Crippen LogP contribution in [0.1, 0.15) is 38.2 Å². The summed E-state index contributed by atoms with van der Waals surface area (Å²) < 4.78 is 0. The molecule has 0 spiro atoms. The van der Waals surface area contributed by atoms with Gasteiger partial charge in [0.25, 0.3) is 0 Å². The van der Waals surface area contributed by atoms with E-state index in [0.29, 0.717) is 0 Å². The Kier molecular flexibility index (Phi) is 5.47. The molecule has 0 atom stereocenters. The lowest BCUT2D eigenvalue weighted by Crippen LogP contribution is -1.82. The molecule has 0 fully saturated rings. The highest BCUT2D eigenvalue weighted by Crippen LogP contribution is 2.39. The Morgan fingerprint density at radius 1 is 0.909 bits per heavy atom. The second kappa shape index (κ2) is 7.75. The van der Waals surface area contributed by atoms with Gasteiger partial charge in [0.05, 0.1) is 4.88 Å². The SMILES string of the molecule is CCCCCCc1csc(-c2sccc2-c2ccccc2)c1. The lowest BCUT2D eigenvalue weighted by atomic mass is 10.1. The Morgan fingerprint density at radius 3 is 2.59 bits per heavy atom. The minimum atomic E-state index is 1.22. The highest BCUT2D eigenvalue weighted by Gasteiger charge is 2.11. The highest BCUT2D eigenvalue weighted by atomic mass is 32.1. The van der Waals surface area contributed by atoms with Crippen LogP contribution in [0.5, 0.6) is 0 Å². The van der Waals surface area contributed by atoms with E-state index in [1.165, 1.54) is 58.5 Å². The molecule has 0 nitrogen and oxygen atoms in total. The van der Waals surface area contributed by atoms with Crippen LogP contribution < -0.4 is 0 Å². The predicted molar refractivity (Wildman–Crippen MR) is 101 cm³/mol. The van der Waals surface area contributed by atoms with Crippen molar-refractivity contribution in [2.75, 3.05) is 0 Å². The topological polar surface area (TPSA) is 0 Å². The lowest BCUT2D eigenvalue weighted by molar-refractivity contribution is 0.667. The molecule has 0 N–H and O–H groups in total. The van der Waals surface area contributed by atoms with E-state index >= 15 is 0 Å². The molecule has 2 aromatic heterocycles. The molecule has 0 aliphatic carbocycles. The summed E-state index contributed by atoms with van der Waals surface area (Å²) in [5, 5.41) is 4.55. The van der Waals surface area contributed by atoms with Crippen LogP contribution in [-0.2, 0) is 6.42 Å². The maximum atomic E-state index is 2.40. The quantitative estimate of drug-likeness (QED) is 0.401. The molecular formula is C20H22S2. The van der Waals surface area contributed by atoms with Crippen molar-refractivity contribution in [3.8, 4) is 20.9 Å². The first-order chi connectivity index (χ1) is 10.9. The van der Waals surface area contributed by atoms with E-state index in [-0.39, 0.29) is 0 Å². The Labute approximate surface area is 141 Å². The zero-order chi connectivity index (χ0) is 15.2. The molecule has 0 saturated carbocycles. The van der Waals surface area contributed by atoms with Gasteiger partial charge in [-0.3, -0.25) is 0 Å². The minimum Gasteiger partial charge on any atom is -0.143 e. The van der Waals surface area contributed by atoms with Crippen LogP contribution in [0, 0.1) is 0 Å². The fourth-order valence-corrected chi connectivity index (χ4v) is 4.74. The highest BCUT2D eigenvalue weighted by molar-refractivity contribution is 7.20. The number of hydrogen-bond donors (Lipinski definition) is 0. The standard InChI is InChI=1S/C20H22S2/c1-2-3-4-6-9-16-14-19(22-15-16)20-18(12-13-21-20)17-10-7-5-8-11-17/h5,7-8,10-15H,2-4,6,9H2,1H3. The summed E-state index contributed by atoms with van der Waals surface area (Å²) >= 11 is 3.74. The van der Waals surface area contributed by atoms with Gasteiger partial charge in [-0.15, -0.1) is 22.7 Å². The summed E-state index contributed by atoms with van der Waals surface area (Å²) in [4.78, 5) is 2.83. The third kappa shape index (κ3) is 3.68. The van der Waals surface area contributed by atoms with Crippen molar-refractivity contribution >= 4 is 22.7 Å². The minimum absolute atomic E-state index is 1.22. The van der Waals surface area contributed by atoms with Crippen molar-refractivity contribution in [1.29, 1.82) is 0 Å². The first-order valence-corrected chi connectivity index (χ1v) is 9.85. The molecular weight excluding hydrogens is 304 g/mol. The van der Waals surface area contributed by atoms with Crippen molar-refractivity contribution < 1.29 is 0 Å². The largest absolute Gasteiger partial charge is 0.143 e. The van der Waals surface area contributed by atoms with Gasteiger partial charge >= 0.3 is 0 Å². The van der Waals surface area contributed by atoms with E-state index in [0.717, 1.165) is 0 Å². The Morgan fingerprint density at radius 2 is 1.77 bits per heavy atom. The molecule has 1 aromatic carbocycles. The van der Waals surface area contributed by atoms with E-state index in [4.69, 9.17) is 0 Å². The van der Waals surface area contributed by atoms with Gasteiger partial charge in [-0.1, -0.05) is 56.5 Å². The Balaban J connectivity index is 1.76. The third-order valence-corrected chi connectivity index (χ3v) is 6.02. The van der Waals surface area contributed by atoms with E-state index in [9.17, 15) is 0 Å². The van der Waals surface area contributed by atoms with Gasteiger partial charge in [-0.25, -0.2) is 0 Å². The van der Waals surface area contributed by atoms with Gasteiger partial charge in [0, 0.05) is 10.4 Å². The van der Waals surface area contributed by atoms with Crippen molar-refractivity contribution in [3.63, 3.8) is 0 Å². The normalized spacial score (nSPS) is 11.0. The summed E-state index contributed by atoms with van der Waals surface area (Å²) in [6.07, 6.45) is 6.57. The second-order valence-corrected chi connectivity index (χ2v) is 7.49. The van der Waals surface area contributed by atoms with Crippen LogP contribution in [0.3, 0.4) is 0 Å². The summed E-state index contributed by atoms with van der Waals surface area (Å²) in [7, 11) is 0. The number of thiophene rings is 2. The molecule has 0 saturated heterocycles. The van der Waals surface area contributed by atoms with Crippen molar-refractivity contribution in [2.24, 2.45) is 0 Å². The van der Waals surface area contributed by atoms with Crippen LogP contribution in [0.2, 0.25) is 0 Å². The molecule has 0 bridgehead atoms. The number of aryl methyl sites for hydroxylation is 1. The third-order valence-electron chi connectivity index (χ3n) is 3.95. The molecule has 0 aliphatic heterocycles. The summed E-state index contributed by atoms with van der Waals surface area (Å²) in [6.45, 7) is 2.27. The van der Waals surface area contributed by atoms with Crippen LogP contribution in [0.4, 0.5) is 0 Å². The van der Waals surface area contributed by atoms with Crippen molar-refractivity contribution in [2.45, 2.75) is 39.0 Å². The van der Waals surface area contributed by atoms with E-state index in [2.05, 4.69) is 60.1 Å². The van der Waals surface area contributed by atoms with Crippen molar-refractivity contribution in [1.82, 2.24) is 0 Å². The Hall–Kier alpha value is -1.38. The van der Waals surface area contributed by atoms with Crippen LogP contribution in [0.15, 0.2) is 53.2 Å². The lowest BCUT2D eigenvalue weighted by Gasteiger charge is -2.02. The van der Waals surface area contributed by atoms with Gasteiger partial charge in [-0.2, -0.15) is 0 Å². The summed E-state index contributed by atoms with van der Waals surface area (Å²) in [5.41, 5.74) is 4.19. The number of rotatable bonds is 7. The fourth-order valence-electron chi connectivity index (χ4n) is 2.73. The van der Waals surface area contributed by atoms with Crippen LogP contribution >= 0.6 is 22.7 Å². The molecule has 3 rings (SSSR count). The molecule has 0 amide bonds. The number of hydrogen-bond acceptors (Lipinski definition) is 2. The molecule has 0 unspecified atom stereocenters. The smallest absolute Gasteiger partial charge is 0.0521 e. The second-order valence-electron chi connectivity index (χ2n) is 5.66. The molecule has 114 valence electrons. The van der Waals surface area contributed by atoms with Gasteiger partial charge in [-0.05, 0) is 46.9 Å². The average molecular weight is 327 g/mol. The molecule has 2 heterocycles. The van der Waals surface area contributed by atoms with Crippen molar-refractivity contribution in [3.05, 3.63) is 58.8 Å². The van der Waals surface area contributed by atoms with Gasteiger partial charge in [0.15, 0.2) is 0 Å². The molecule has 22 heavy (non-hydrogen) atoms. The zero-order valence-corrected chi connectivity index (χ0v) is 14.7. The van der Waals surface area contributed by atoms with Gasteiger partial charge in [0.1, 0.15) is 0 Å². The van der Waals surface area contributed by atoms with E-state index < -0.39 is 0 Å². The zero-order valence-electron chi connectivity index (χ0n) is 13.0. The van der Waals surface area contributed by atoms with Crippen LogP contribution in [-0.4, -0.2) is 0 Å². The summed E-state index contributed by atoms with van der Waals surface area (Å²) in [5.74, 6) is 0. The molecule has 2 heteroatoms. The van der Waals surface area contributed by atoms with Gasteiger partial charge < -0.3 is 0 Å². The van der Waals surface area contributed by atoms with Crippen LogP contribution in [0.25, 0.3) is 20.9 Å². The number of benzene rings is 1. The Bertz CT molecular complexity index is 691. The fraction of sp³-hybridized carbons (Fsp3) is 0.300. The monoisotopic (exact) mass is 326 g/mol. The maximum absolute atomic E-state index is 2.40. The van der Waals surface area contributed by atoms with E-state index in [1.54, 1.807) is 0 Å². The summed E-state index contributed by atoms with van der Waals surface area (Å²) in [6, 6.07) is 15.4. The first kappa shape index (κ1) is 15.5. The van der Waals surface area contributed by atoms with Gasteiger partial charge in [0.2, 0.25) is 0 Å². The number of unbranched alkanes of at least 4 members (excludes halogenated alkanes) is 3. The average Bonchev–Trinajstić information content (AvgIpc) is 3.21. The molecule has 0 radical (unpaired) electrons. The predicted octanol–water partition coefficient (Wildman–Crippen LogP) is 7.27. The maximum Gasteiger partial charge on any atom is 0.0521 e.